The van der Waals surface area contributed by atoms with Crippen LogP contribution in [0.25, 0.3) is 0 Å². The summed E-state index contributed by atoms with van der Waals surface area (Å²) in [5.41, 5.74) is 5.79. The molecule has 1 saturated heterocycles. The third-order valence-electron chi connectivity index (χ3n) is 3.58. The van der Waals surface area contributed by atoms with E-state index in [1.165, 1.54) is 0 Å². The van der Waals surface area contributed by atoms with Crippen LogP contribution in [-0.4, -0.2) is 53.6 Å². The van der Waals surface area contributed by atoms with Gasteiger partial charge in [0.25, 0.3) is 0 Å². The molecule has 1 aliphatic heterocycles. The number of likely N-dealkylation sites (N-methyl/N-ethyl adjacent to an activating group) is 1. The SMILES string of the molecule is CCNc1cc(N2CCN(CC)C(C)C2)nc(N)n1. The number of piperazine rings is 1. The van der Waals surface area contributed by atoms with E-state index < -0.39 is 0 Å². The zero-order chi connectivity index (χ0) is 13.8. The van der Waals surface area contributed by atoms with Crippen LogP contribution in [0.5, 0.6) is 0 Å². The van der Waals surface area contributed by atoms with Crippen molar-refractivity contribution >= 4 is 17.6 Å². The molecule has 1 atom stereocenters. The molecule has 19 heavy (non-hydrogen) atoms. The highest BCUT2D eigenvalue weighted by molar-refractivity contribution is 5.53. The fourth-order valence-electron chi connectivity index (χ4n) is 2.56. The Labute approximate surface area is 115 Å². The molecule has 1 aliphatic rings. The average Bonchev–Trinajstić information content (AvgIpc) is 2.38. The van der Waals surface area contributed by atoms with Gasteiger partial charge in [0.05, 0.1) is 0 Å². The molecular formula is C13H24N6. The Balaban J connectivity index is 2.13. The Hall–Kier alpha value is -1.56. The van der Waals surface area contributed by atoms with Gasteiger partial charge in [-0.15, -0.1) is 0 Å². The number of nitrogen functional groups attached to an aromatic ring is 1. The molecule has 0 amide bonds. The summed E-state index contributed by atoms with van der Waals surface area (Å²) >= 11 is 0. The number of aromatic nitrogens is 2. The van der Waals surface area contributed by atoms with Crippen molar-refractivity contribution in [2.24, 2.45) is 0 Å². The van der Waals surface area contributed by atoms with Crippen molar-refractivity contribution in [1.82, 2.24) is 14.9 Å². The van der Waals surface area contributed by atoms with Crippen molar-refractivity contribution in [3.8, 4) is 0 Å². The lowest BCUT2D eigenvalue weighted by molar-refractivity contribution is 0.199. The molecule has 0 radical (unpaired) electrons. The van der Waals surface area contributed by atoms with Gasteiger partial charge in [-0.25, -0.2) is 0 Å². The molecular weight excluding hydrogens is 240 g/mol. The van der Waals surface area contributed by atoms with Crippen LogP contribution in [0, 0.1) is 0 Å². The van der Waals surface area contributed by atoms with E-state index in [2.05, 4.69) is 38.9 Å². The molecule has 1 fully saturated rings. The molecule has 0 bridgehead atoms. The molecule has 2 rings (SSSR count). The van der Waals surface area contributed by atoms with Gasteiger partial charge in [0, 0.05) is 38.3 Å². The Kier molecular flexibility index (Phi) is 4.42. The molecule has 6 nitrogen and oxygen atoms in total. The van der Waals surface area contributed by atoms with Crippen molar-refractivity contribution in [3.63, 3.8) is 0 Å². The predicted molar refractivity (Wildman–Crippen MR) is 79.5 cm³/mol. The highest BCUT2D eigenvalue weighted by atomic mass is 15.3. The quantitative estimate of drug-likeness (QED) is 0.846. The highest BCUT2D eigenvalue weighted by Crippen LogP contribution is 2.20. The van der Waals surface area contributed by atoms with E-state index in [0.717, 1.165) is 44.4 Å². The summed E-state index contributed by atoms with van der Waals surface area (Å²) in [6, 6.07) is 2.52. The number of nitrogens with one attached hydrogen (secondary N) is 1. The maximum absolute atomic E-state index is 5.79. The van der Waals surface area contributed by atoms with Crippen molar-refractivity contribution < 1.29 is 0 Å². The Bertz CT molecular complexity index is 422. The van der Waals surface area contributed by atoms with Crippen LogP contribution in [0.4, 0.5) is 17.6 Å². The van der Waals surface area contributed by atoms with Crippen LogP contribution < -0.4 is 16.0 Å². The van der Waals surface area contributed by atoms with Crippen LogP contribution in [0.3, 0.4) is 0 Å². The molecule has 106 valence electrons. The molecule has 2 heterocycles. The van der Waals surface area contributed by atoms with Gasteiger partial charge in [0.15, 0.2) is 0 Å². The summed E-state index contributed by atoms with van der Waals surface area (Å²) in [5, 5.41) is 3.19. The van der Waals surface area contributed by atoms with Gasteiger partial charge in [-0.05, 0) is 20.4 Å². The number of nitrogens with two attached hydrogens (primary N) is 1. The number of anilines is 3. The fourth-order valence-corrected chi connectivity index (χ4v) is 2.56. The van der Waals surface area contributed by atoms with Gasteiger partial charge in [-0.3, -0.25) is 4.90 Å². The fraction of sp³-hybridized carbons (Fsp3) is 0.692. The maximum atomic E-state index is 5.79. The highest BCUT2D eigenvalue weighted by Gasteiger charge is 2.23. The first kappa shape index (κ1) is 13.9. The molecule has 1 unspecified atom stereocenters. The number of nitrogens with zero attached hydrogens (tertiary/aromatic N) is 4. The molecule has 0 aromatic carbocycles. The zero-order valence-electron chi connectivity index (χ0n) is 12.1. The van der Waals surface area contributed by atoms with Crippen LogP contribution in [0.15, 0.2) is 6.07 Å². The molecule has 0 spiro atoms. The van der Waals surface area contributed by atoms with Crippen molar-refractivity contribution in [2.45, 2.75) is 26.8 Å². The van der Waals surface area contributed by atoms with E-state index in [1.807, 2.05) is 13.0 Å². The van der Waals surface area contributed by atoms with Crippen LogP contribution in [-0.2, 0) is 0 Å². The molecule has 1 aromatic heterocycles. The summed E-state index contributed by atoms with van der Waals surface area (Å²) in [6.07, 6.45) is 0. The second kappa shape index (κ2) is 6.06. The lowest BCUT2D eigenvalue weighted by Gasteiger charge is -2.39. The van der Waals surface area contributed by atoms with Gasteiger partial charge in [0.2, 0.25) is 5.95 Å². The molecule has 0 saturated carbocycles. The third kappa shape index (κ3) is 3.26. The molecule has 0 aliphatic carbocycles. The minimum absolute atomic E-state index is 0.332. The first-order valence-corrected chi connectivity index (χ1v) is 7.01. The maximum Gasteiger partial charge on any atom is 0.223 e. The standard InChI is InChI=1S/C13H24N6/c1-4-15-11-8-12(17-13(14)16-11)19-7-6-18(5-2)10(3)9-19/h8,10H,4-7,9H2,1-3H3,(H3,14,15,16,17). The van der Waals surface area contributed by atoms with Crippen LogP contribution in [0.2, 0.25) is 0 Å². The number of rotatable bonds is 4. The lowest BCUT2D eigenvalue weighted by Crippen LogP contribution is -2.52. The first-order valence-electron chi connectivity index (χ1n) is 7.01. The molecule has 6 heteroatoms. The van der Waals surface area contributed by atoms with E-state index in [-0.39, 0.29) is 0 Å². The smallest absolute Gasteiger partial charge is 0.223 e. The van der Waals surface area contributed by atoms with E-state index >= 15 is 0 Å². The zero-order valence-corrected chi connectivity index (χ0v) is 12.1. The Morgan fingerprint density at radius 2 is 2.16 bits per heavy atom. The summed E-state index contributed by atoms with van der Waals surface area (Å²) in [6.45, 7) is 11.5. The van der Waals surface area contributed by atoms with Crippen molar-refractivity contribution in [1.29, 1.82) is 0 Å². The third-order valence-corrected chi connectivity index (χ3v) is 3.58. The van der Waals surface area contributed by atoms with Gasteiger partial charge < -0.3 is 16.0 Å². The largest absolute Gasteiger partial charge is 0.370 e. The second-order valence-corrected chi connectivity index (χ2v) is 4.92. The molecule has 1 aromatic rings. The van der Waals surface area contributed by atoms with Gasteiger partial charge in [0.1, 0.15) is 11.6 Å². The Morgan fingerprint density at radius 1 is 1.37 bits per heavy atom. The summed E-state index contributed by atoms with van der Waals surface area (Å²) < 4.78 is 0. The van der Waals surface area contributed by atoms with Gasteiger partial charge >= 0.3 is 0 Å². The minimum atomic E-state index is 0.332. The average molecular weight is 264 g/mol. The monoisotopic (exact) mass is 264 g/mol. The molecule has 3 N–H and O–H groups in total. The minimum Gasteiger partial charge on any atom is -0.370 e. The van der Waals surface area contributed by atoms with Gasteiger partial charge in [-0.2, -0.15) is 9.97 Å². The normalized spacial score (nSPS) is 20.6. The number of hydrogen-bond donors (Lipinski definition) is 2. The topological polar surface area (TPSA) is 70.3 Å². The number of hydrogen-bond acceptors (Lipinski definition) is 6. The predicted octanol–water partition coefficient (Wildman–Crippen LogP) is 1.02. The second-order valence-electron chi connectivity index (χ2n) is 4.92. The first-order chi connectivity index (χ1) is 9.13. The lowest BCUT2D eigenvalue weighted by atomic mass is 10.2. The van der Waals surface area contributed by atoms with Crippen molar-refractivity contribution in [3.05, 3.63) is 6.07 Å². The van der Waals surface area contributed by atoms with E-state index in [0.29, 0.717) is 12.0 Å². The van der Waals surface area contributed by atoms with E-state index in [4.69, 9.17) is 5.73 Å². The van der Waals surface area contributed by atoms with Crippen LogP contribution in [0.1, 0.15) is 20.8 Å². The Morgan fingerprint density at radius 3 is 2.79 bits per heavy atom. The summed E-state index contributed by atoms with van der Waals surface area (Å²) in [7, 11) is 0. The van der Waals surface area contributed by atoms with Crippen molar-refractivity contribution in [2.75, 3.05) is 48.7 Å². The van der Waals surface area contributed by atoms with E-state index in [9.17, 15) is 0 Å². The van der Waals surface area contributed by atoms with Crippen LogP contribution >= 0.6 is 0 Å². The van der Waals surface area contributed by atoms with Gasteiger partial charge in [-0.1, -0.05) is 6.92 Å². The van der Waals surface area contributed by atoms with E-state index in [1.54, 1.807) is 0 Å². The summed E-state index contributed by atoms with van der Waals surface area (Å²) in [4.78, 5) is 13.3. The summed E-state index contributed by atoms with van der Waals surface area (Å²) in [5.74, 6) is 2.06.